The van der Waals surface area contributed by atoms with Crippen molar-refractivity contribution in [2.45, 2.75) is 25.4 Å². The normalized spacial score (nSPS) is 13.1. The number of aliphatic hydroxyl groups is 1. The first kappa shape index (κ1) is 17.2. The van der Waals surface area contributed by atoms with Crippen LogP contribution in [0.5, 0.6) is 0 Å². The summed E-state index contributed by atoms with van der Waals surface area (Å²) in [7, 11) is 0. The van der Waals surface area contributed by atoms with Crippen molar-refractivity contribution in [3.8, 4) is 11.1 Å². The standard InChI is InChI=1S/C20H20O5/c1-3-24-18(21)20(23,19(22)25-4-2)17-15-11-7-5-9-13(15)14-10-6-8-12-16(14)17/h5-12,17,23H,3-4H2,1-2H3. The Labute approximate surface area is 146 Å². The summed E-state index contributed by atoms with van der Waals surface area (Å²) in [6.45, 7) is 3.35. The van der Waals surface area contributed by atoms with Crippen LogP contribution in [-0.4, -0.2) is 35.9 Å². The molecule has 25 heavy (non-hydrogen) atoms. The molecular formula is C20H20O5. The Morgan fingerprint density at radius 1 is 0.880 bits per heavy atom. The molecule has 0 heterocycles. The third kappa shape index (κ3) is 2.61. The van der Waals surface area contributed by atoms with Gasteiger partial charge in [-0.25, -0.2) is 9.59 Å². The molecule has 1 N–H and O–H groups in total. The summed E-state index contributed by atoms with van der Waals surface area (Å²) in [6.07, 6.45) is 0. The van der Waals surface area contributed by atoms with Crippen LogP contribution in [-0.2, 0) is 19.1 Å². The van der Waals surface area contributed by atoms with E-state index in [2.05, 4.69) is 0 Å². The first-order chi connectivity index (χ1) is 12.1. The molecule has 5 heteroatoms. The van der Waals surface area contributed by atoms with Gasteiger partial charge in [-0.1, -0.05) is 48.5 Å². The maximum absolute atomic E-state index is 12.6. The molecule has 2 aromatic rings. The van der Waals surface area contributed by atoms with Crippen LogP contribution < -0.4 is 0 Å². The summed E-state index contributed by atoms with van der Waals surface area (Å²) in [5.74, 6) is -2.87. The second-order valence-electron chi connectivity index (χ2n) is 5.81. The van der Waals surface area contributed by atoms with E-state index in [1.807, 2.05) is 48.5 Å². The molecule has 0 aliphatic heterocycles. The van der Waals surface area contributed by atoms with Crippen LogP contribution in [0.1, 0.15) is 30.9 Å². The van der Waals surface area contributed by atoms with Gasteiger partial charge in [0.2, 0.25) is 0 Å². The monoisotopic (exact) mass is 340 g/mol. The Morgan fingerprint density at radius 2 is 1.28 bits per heavy atom. The third-order valence-electron chi connectivity index (χ3n) is 4.42. The number of hydrogen-bond donors (Lipinski definition) is 1. The van der Waals surface area contributed by atoms with E-state index < -0.39 is 23.5 Å². The Morgan fingerprint density at radius 3 is 1.68 bits per heavy atom. The van der Waals surface area contributed by atoms with Crippen molar-refractivity contribution in [2.24, 2.45) is 0 Å². The minimum absolute atomic E-state index is 0.0521. The minimum Gasteiger partial charge on any atom is -0.463 e. The second-order valence-corrected chi connectivity index (χ2v) is 5.81. The molecule has 1 aliphatic rings. The van der Waals surface area contributed by atoms with E-state index in [0.717, 1.165) is 11.1 Å². The molecule has 0 unspecified atom stereocenters. The molecule has 130 valence electrons. The van der Waals surface area contributed by atoms with Crippen LogP contribution in [0.2, 0.25) is 0 Å². The summed E-state index contributed by atoms with van der Waals surface area (Å²) in [6, 6.07) is 14.8. The van der Waals surface area contributed by atoms with E-state index >= 15 is 0 Å². The van der Waals surface area contributed by atoms with E-state index in [0.29, 0.717) is 11.1 Å². The van der Waals surface area contributed by atoms with Crippen LogP contribution in [0, 0.1) is 0 Å². The lowest BCUT2D eigenvalue weighted by atomic mass is 9.80. The van der Waals surface area contributed by atoms with Crippen molar-refractivity contribution in [2.75, 3.05) is 13.2 Å². The summed E-state index contributed by atoms with van der Waals surface area (Å²) >= 11 is 0. The molecule has 0 aromatic heterocycles. The topological polar surface area (TPSA) is 72.8 Å². The lowest BCUT2D eigenvalue weighted by Crippen LogP contribution is -2.53. The molecule has 0 atom stereocenters. The van der Waals surface area contributed by atoms with E-state index in [1.54, 1.807) is 13.8 Å². The first-order valence-electron chi connectivity index (χ1n) is 8.30. The zero-order valence-electron chi connectivity index (χ0n) is 14.2. The fourth-order valence-electron chi connectivity index (χ4n) is 3.41. The highest BCUT2D eigenvalue weighted by atomic mass is 16.6. The zero-order chi connectivity index (χ0) is 18.0. The predicted octanol–water partition coefficient (Wildman–Crippen LogP) is 2.66. The molecule has 0 saturated carbocycles. The number of esters is 2. The summed E-state index contributed by atoms with van der Waals surface area (Å²) in [5, 5.41) is 11.3. The van der Waals surface area contributed by atoms with E-state index in [-0.39, 0.29) is 13.2 Å². The van der Waals surface area contributed by atoms with Gasteiger partial charge in [0.1, 0.15) is 0 Å². The molecule has 0 fully saturated rings. The van der Waals surface area contributed by atoms with Gasteiger partial charge in [0.15, 0.2) is 0 Å². The fourth-order valence-corrected chi connectivity index (χ4v) is 3.41. The Bertz CT molecular complexity index is 748. The summed E-state index contributed by atoms with van der Waals surface area (Å²) < 4.78 is 10.1. The lowest BCUT2D eigenvalue weighted by molar-refractivity contribution is -0.185. The molecule has 0 amide bonds. The van der Waals surface area contributed by atoms with Gasteiger partial charge in [-0.3, -0.25) is 0 Å². The second kappa shape index (κ2) is 6.69. The van der Waals surface area contributed by atoms with Gasteiger partial charge in [-0.05, 0) is 36.1 Å². The number of fused-ring (bicyclic) bond motifs is 3. The van der Waals surface area contributed by atoms with Crippen LogP contribution >= 0.6 is 0 Å². The highest BCUT2D eigenvalue weighted by Gasteiger charge is 2.57. The average Bonchev–Trinajstić information content (AvgIpc) is 2.96. The van der Waals surface area contributed by atoms with Crippen molar-refractivity contribution in [3.63, 3.8) is 0 Å². The van der Waals surface area contributed by atoms with Crippen LogP contribution in [0.3, 0.4) is 0 Å². The van der Waals surface area contributed by atoms with Crippen molar-refractivity contribution in [1.82, 2.24) is 0 Å². The Balaban J connectivity index is 2.22. The molecule has 0 radical (unpaired) electrons. The maximum Gasteiger partial charge on any atom is 0.351 e. The van der Waals surface area contributed by atoms with Gasteiger partial charge >= 0.3 is 11.9 Å². The number of ether oxygens (including phenoxy) is 2. The minimum atomic E-state index is -2.44. The van der Waals surface area contributed by atoms with E-state index in [1.165, 1.54) is 0 Å². The molecule has 5 nitrogen and oxygen atoms in total. The van der Waals surface area contributed by atoms with Gasteiger partial charge in [0, 0.05) is 0 Å². The lowest BCUT2D eigenvalue weighted by Gasteiger charge is -2.30. The zero-order valence-corrected chi connectivity index (χ0v) is 14.2. The molecule has 3 rings (SSSR count). The highest BCUT2D eigenvalue weighted by Crippen LogP contribution is 2.50. The van der Waals surface area contributed by atoms with Crippen molar-refractivity contribution < 1.29 is 24.2 Å². The molecular weight excluding hydrogens is 320 g/mol. The van der Waals surface area contributed by atoms with Crippen LogP contribution in [0.15, 0.2) is 48.5 Å². The Hall–Kier alpha value is -2.66. The Kier molecular flexibility index (Phi) is 4.59. The number of carbonyl (C=O) groups is 2. The molecule has 0 spiro atoms. The molecule has 1 aliphatic carbocycles. The predicted molar refractivity (Wildman–Crippen MR) is 91.9 cm³/mol. The number of rotatable bonds is 5. The third-order valence-corrected chi connectivity index (χ3v) is 4.42. The van der Waals surface area contributed by atoms with Crippen LogP contribution in [0.4, 0.5) is 0 Å². The number of hydrogen-bond acceptors (Lipinski definition) is 5. The summed E-state index contributed by atoms with van der Waals surface area (Å²) in [5.41, 5.74) is 0.735. The van der Waals surface area contributed by atoms with Crippen molar-refractivity contribution in [3.05, 3.63) is 59.7 Å². The van der Waals surface area contributed by atoms with Gasteiger partial charge in [-0.15, -0.1) is 0 Å². The highest BCUT2D eigenvalue weighted by molar-refractivity contribution is 6.06. The van der Waals surface area contributed by atoms with Gasteiger partial charge in [-0.2, -0.15) is 0 Å². The summed E-state index contributed by atoms with van der Waals surface area (Å²) in [4.78, 5) is 25.2. The van der Waals surface area contributed by atoms with E-state index in [4.69, 9.17) is 9.47 Å². The molecule has 2 aromatic carbocycles. The van der Waals surface area contributed by atoms with Gasteiger partial charge in [0.25, 0.3) is 5.60 Å². The number of carbonyl (C=O) groups excluding carboxylic acids is 2. The van der Waals surface area contributed by atoms with Gasteiger partial charge in [0.05, 0.1) is 19.1 Å². The smallest absolute Gasteiger partial charge is 0.351 e. The number of benzene rings is 2. The average molecular weight is 340 g/mol. The van der Waals surface area contributed by atoms with Crippen molar-refractivity contribution in [1.29, 1.82) is 0 Å². The first-order valence-corrected chi connectivity index (χ1v) is 8.30. The maximum atomic E-state index is 12.6. The van der Waals surface area contributed by atoms with Gasteiger partial charge < -0.3 is 14.6 Å². The van der Waals surface area contributed by atoms with Crippen molar-refractivity contribution >= 4 is 11.9 Å². The molecule has 0 bridgehead atoms. The fraction of sp³-hybridized carbons (Fsp3) is 0.300. The quantitative estimate of drug-likeness (QED) is 0.669. The van der Waals surface area contributed by atoms with Crippen LogP contribution in [0.25, 0.3) is 11.1 Å². The molecule has 0 saturated heterocycles. The SMILES string of the molecule is CCOC(=O)C(O)(C(=O)OCC)C1c2ccccc2-c2ccccc21. The van der Waals surface area contributed by atoms with E-state index in [9.17, 15) is 14.7 Å². The largest absolute Gasteiger partial charge is 0.463 e.